The first-order valence-electron chi connectivity index (χ1n) is 12.5. The molecule has 3 nitrogen and oxygen atoms in total. The van der Waals surface area contributed by atoms with Gasteiger partial charge in [0.05, 0.1) is 0 Å². The first kappa shape index (κ1) is 21.8. The van der Waals surface area contributed by atoms with Crippen molar-refractivity contribution in [2.75, 3.05) is 0 Å². The highest BCUT2D eigenvalue weighted by Gasteiger charge is 2.32. The summed E-state index contributed by atoms with van der Waals surface area (Å²) < 4.78 is 6.85. The molecular formula is C32H33N3. The molecule has 35 heavy (non-hydrogen) atoms. The molecule has 3 aromatic carbocycles. The predicted molar refractivity (Wildman–Crippen MR) is 148 cm³/mol. The number of hydrogen-bond donors (Lipinski definition) is 0. The van der Waals surface area contributed by atoms with Gasteiger partial charge in [0.1, 0.15) is 0 Å². The Morgan fingerprint density at radius 3 is 1.49 bits per heavy atom. The fourth-order valence-corrected chi connectivity index (χ4v) is 6.19. The Balaban J connectivity index is 1.57. The summed E-state index contributed by atoms with van der Waals surface area (Å²) in [6, 6.07) is 26.4. The quantitative estimate of drug-likeness (QED) is 0.251. The first-order chi connectivity index (χ1) is 16.8. The van der Waals surface area contributed by atoms with E-state index >= 15 is 0 Å². The Bertz CT molecular complexity index is 1610. The number of para-hydroxylation sites is 3. The van der Waals surface area contributed by atoms with Gasteiger partial charge in [-0.05, 0) is 46.7 Å². The third-order valence-corrected chi connectivity index (χ3v) is 7.95. The van der Waals surface area contributed by atoms with Crippen molar-refractivity contribution in [3.63, 3.8) is 0 Å². The maximum absolute atomic E-state index is 2.41. The van der Waals surface area contributed by atoms with Gasteiger partial charge in [-0.2, -0.15) is 0 Å². The van der Waals surface area contributed by atoms with Crippen LogP contribution in [-0.2, 0) is 26.6 Å². The number of aryl methyl sites for hydroxylation is 3. The zero-order chi connectivity index (χ0) is 24.3. The molecule has 0 amide bonds. The standard InChI is InChI=1S/C32H33N3/c1-32(2,28-21-35(5)31-17-11-8-14-24(28)31)18-25(26-19-33(3)29-15-9-6-12-22(26)29)27-20-34(4)30-16-10-7-13-23(27)30/h6-17,19-21,25H,18H2,1-5H3. The summed E-state index contributed by atoms with van der Waals surface area (Å²) in [6.45, 7) is 4.83. The Morgan fingerprint density at radius 1 is 0.571 bits per heavy atom. The summed E-state index contributed by atoms with van der Waals surface area (Å²) in [5, 5.41) is 4.05. The van der Waals surface area contributed by atoms with Crippen LogP contribution in [0, 0.1) is 0 Å². The van der Waals surface area contributed by atoms with Crippen LogP contribution in [0.3, 0.4) is 0 Å². The lowest BCUT2D eigenvalue weighted by Gasteiger charge is -2.30. The van der Waals surface area contributed by atoms with Gasteiger partial charge in [0, 0.05) is 78.4 Å². The first-order valence-corrected chi connectivity index (χ1v) is 12.5. The van der Waals surface area contributed by atoms with Gasteiger partial charge >= 0.3 is 0 Å². The van der Waals surface area contributed by atoms with E-state index in [1.807, 2.05) is 0 Å². The van der Waals surface area contributed by atoms with E-state index in [0.717, 1.165) is 6.42 Å². The zero-order valence-electron chi connectivity index (χ0n) is 21.3. The zero-order valence-corrected chi connectivity index (χ0v) is 21.3. The summed E-state index contributed by atoms with van der Waals surface area (Å²) in [4.78, 5) is 0. The van der Waals surface area contributed by atoms with E-state index < -0.39 is 0 Å². The second-order valence-electron chi connectivity index (χ2n) is 10.7. The molecule has 0 aliphatic heterocycles. The van der Waals surface area contributed by atoms with E-state index in [4.69, 9.17) is 0 Å². The molecule has 0 radical (unpaired) electrons. The lowest BCUT2D eigenvalue weighted by Crippen LogP contribution is -2.21. The molecule has 0 bridgehead atoms. The molecule has 0 spiro atoms. The molecule has 6 aromatic rings. The van der Waals surface area contributed by atoms with E-state index in [2.05, 4.69) is 140 Å². The van der Waals surface area contributed by atoms with Crippen molar-refractivity contribution in [2.24, 2.45) is 21.1 Å². The summed E-state index contributed by atoms with van der Waals surface area (Å²) in [7, 11) is 6.50. The van der Waals surface area contributed by atoms with Gasteiger partial charge in [0.25, 0.3) is 0 Å². The van der Waals surface area contributed by atoms with Crippen molar-refractivity contribution in [3.8, 4) is 0 Å². The molecular weight excluding hydrogens is 426 g/mol. The van der Waals surface area contributed by atoms with Crippen LogP contribution < -0.4 is 0 Å². The molecule has 0 fully saturated rings. The Kier molecular flexibility index (Phi) is 4.93. The van der Waals surface area contributed by atoms with Gasteiger partial charge in [0.2, 0.25) is 0 Å². The van der Waals surface area contributed by atoms with E-state index in [1.54, 1.807) is 0 Å². The SMILES string of the molecule is Cn1cc(C(CC(C)(C)c2cn(C)c3ccccc23)c2cn(C)c3ccccc23)c2ccccc21. The van der Waals surface area contributed by atoms with Crippen LogP contribution in [0.25, 0.3) is 32.7 Å². The van der Waals surface area contributed by atoms with E-state index in [9.17, 15) is 0 Å². The monoisotopic (exact) mass is 459 g/mol. The molecule has 0 N–H and O–H groups in total. The fraction of sp³-hybridized carbons (Fsp3) is 0.250. The van der Waals surface area contributed by atoms with Crippen molar-refractivity contribution in [3.05, 3.63) is 108 Å². The molecule has 176 valence electrons. The van der Waals surface area contributed by atoms with E-state index in [-0.39, 0.29) is 11.3 Å². The Hall–Kier alpha value is -3.72. The molecule has 0 saturated heterocycles. The van der Waals surface area contributed by atoms with Crippen LogP contribution >= 0.6 is 0 Å². The van der Waals surface area contributed by atoms with Gasteiger partial charge < -0.3 is 13.7 Å². The van der Waals surface area contributed by atoms with E-state index in [0.29, 0.717) is 0 Å². The summed E-state index contributed by atoms with van der Waals surface area (Å²) in [5.41, 5.74) is 8.08. The second kappa shape index (κ2) is 7.91. The number of hydrogen-bond acceptors (Lipinski definition) is 0. The molecule has 0 atom stereocenters. The number of rotatable bonds is 5. The molecule has 0 aliphatic rings. The molecule has 3 heteroatoms. The van der Waals surface area contributed by atoms with Crippen molar-refractivity contribution >= 4 is 32.7 Å². The maximum Gasteiger partial charge on any atom is 0.0480 e. The second-order valence-corrected chi connectivity index (χ2v) is 10.7. The predicted octanol–water partition coefficient (Wildman–Crippen LogP) is 7.66. The molecule has 0 aliphatic carbocycles. The van der Waals surface area contributed by atoms with Crippen LogP contribution in [-0.4, -0.2) is 13.7 Å². The summed E-state index contributed by atoms with van der Waals surface area (Å²) in [5.74, 6) is 0.265. The van der Waals surface area contributed by atoms with Gasteiger partial charge in [0.15, 0.2) is 0 Å². The van der Waals surface area contributed by atoms with Crippen LogP contribution in [0.2, 0.25) is 0 Å². The van der Waals surface area contributed by atoms with Gasteiger partial charge in [-0.1, -0.05) is 68.4 Å². The molecule has 6 rings (SSSR count). The van der Waals surface area contributed by atoms with Crippen molar-refractivity contribution in [1.82, 2.24) is 13.7 Å². The summed E-state index contributed by atoms with van der Waals surface area (Å²) in [6.07, 6.45) is 8.07. The minimum absolute atomic E-state index is 0.0284. The smallest absolute Gasteiger partial charge is 0.0480 e. The largest absolute Gasteiger partial charge is 0.350 e. The number of benzene rings is 3. The average molecular weight is 460 g/mol. The Labute approximate surface area is 207 Å². The van der Waals surface area contributed by atoms with Crippen molar-refractivity contribution in [2.45, 2.75) is 31.6 Å². The fourth-order valence-electron chi connectivity index (χ4n) is 6.19. The molecule has 3 heterocycles. The third kappa shape index (κ3) is 3.41. The van der Waals surface area contributed by atoms with Gasteiger partial charge in [-0.15, -0.1) is 0 Å². The van der Waals surface area contributed by atoms with Crippen molar-refractivity contribution in [1.29, 1.82) is 0 Å². The third-order valence-electron chi connectivity index (χ3n) is 7.95. The highest BCUT2D eigenvalue weighted by atomic mass is 14.9. The van der Waals surface area contributed by atoms with Crippen LogP contribution in [0.1, 0.15) is 42.9 Å². The lowest BCUT2D eigenvalue weighted by molar-refractivity contribution is 0.454. The minimum atomic E-state index is -0.0284. The minimum Gasteiger partial charge on any atom is -0.350 e. The van der Waals surface area contributed by atoms with Gasteiger partial charge in [-0.3, -0.25) is 0 Å². The summed E-state index contributed by atoms with van der Waals surface area (Å²) >= 11 is 0. The number of fused-ring (bicyclic) bond motifs is 3. The van der Waals surface area contributed by atoms with Crippen molar-refractivity contribution < 1.29 is 0 Å². The number of aromatic nitrogens is 3. The van der Waals surface area contributed by atoms with Crippen LogP contribution in [0.5, 0.6) is 0 Å². The Morgan fingerprint density at radius 2 is 0.971 bits per heavy atom. The van der Waals surface area contributed by atoms with E-state index in [1.165, 1.54) is 49.4 Å². The van der Waals surface area contributed by atoms with Crippen LogP contribution in [0.4, 0.5) is 0 Å². The topological polar surface area (TPSA) is 14.8 Å². The number of nitrogens with zero attached hydrogens (tertiary/aromatic N) is 3. The molecule has 0 unspecified atom stereocenters. The normalized spacial score (nSPS) is 12.5. The maximum atomic E-state index is 2.41. The van der Waals surface area contributed by atoms with Gasteiger partial charge in [-0.25, -0.2) is 0 Å². The lowest BCUT2D eigenvalue weighted by atomic mass is 9.73. The highest BCUT2D eigenvalue weighted by molar-refractivity contribution is 5.89. The molecule has 3 aromatic heterocycles. The average Bonchev–Trinajstić information content (AvgIpc) is 3.50. The molecule has 0 saturated carbocycles. The van der Waals surface area contributed by atoms with Crippen LogP contribution in [0.15, 0.2) is 91.4 Å². The highest BCUT2D eigenvalue weighted by Crippen LogP contribution is 2.45.